The van der Waals surface area contributed by atoms with Crippen LogP contribution in [0.5, 0.6) is 11.5 Å². The summed E-state index contributed by atoms with van der Waals surface area (Å²) in [5.74, 6) is 0.376. The second kappa shape index (κ2) is 15.2. The molecule has 0 heterocycles. The Morgan fingerprint density at radius 2 is 1.48 bits per heavy atom. The van der Waals surface area contributed by atoms with Gasteiger partial charge in [0.05, 0.1) is 55.9 Å². The van der Waals surface area contributed by atoms with Crippen LogP contribution in [-0.2, 0) is 6.61 Å². The highest BCUT2D eigenvalue weighted by Crippen LogP contribution is 2.38. The summed E-state index contributed by atoms with van der Waals surface area (Å²) >= 11 is 0. The average molecular weight is 555 g/mol. The summed E-state index contributed by atoms with van der Waals surface area (Å²) < 4.78 is 10.8. The molecule has 3 aromatic carbocycles. The van der Waals surface area contributed by atoms with Gasteiger partial charge in [0.15, 0.2) is 5.75 Å². The standard InChI is InChI=1S/C26H30N6O8/c1-39-25-16-23(29-28-22-7-6-21(32(37)38)15-26(22)40-13-12-35)18(17-36)14-24(25)30-27-19-2-4-20(5-3-19)31(8-10-33)9-11-34/h2-7,14-16,33-36H,8-13,17H2,1H3/b29-28+,30-27+. The smallest absolute Gasteiger partial charge is 0.273 e. The van der Waals surface area contributed by atoms with E-state index >= 15 is 0 Å². The van der Waals surface area contributed by atoms with Gasteiger partial charge in [0, 0.05) is 36.5 Å². The molecule has 3 aromatic rings. The number of methoxy groups -OCH3 is 1. The number of azo groups is 2. The number of hydrogen-bond acceptors (Lipinski definition) is 13. The molecule has 14 nitrogen and oxygen atoms in total. The number of anilines is 1. The zero-order chi connectivity index (χ0) is 28.9. The van der Waals surface area contributed by atoms with E-state index < -0.39 is 11.5 Å². The van der Waals surface area contributed by atoms with Crippen molar-refractivity contribution in [1.82, 2.24) is 0 Å². The Labute approximate surface area is 229 Å². The van der Waals surface area contributed by atoms with Crippen LogP contribution in [0.1, 0.15) is 5.56 Å². The van der Waals surface area contributed by atoms with Crippen molar-refractivity contribution in [3.8, 4) is 11.5 Å². The largest absolute Gasteiger partial charge is 0.494 e. The van der Waals surface area contributed by atoms with E-state index in [1.807, 2.05) is 4.90 Å². The van der Waals surface area contributed by atoms with Crippen LogP contribution in [0.4, 0.5) is 34.1 Å². The molecule has 3 rings (SSSR count). The van der Waals surface area contributed by atoms with Crippen LogP contribution in [-0.4, -0.2) is 72.0 Å². The topological polar surface area (TPSA) is 195 Å². The molecule has 0 unspecified atom stereocenters. The van der Waals surface area contributed by atoms with Gasteiger partial charge in [-0.3, -0.25) is 10.1 Å². The molecule has 0 saturated carbocycles. The minimum Gasteiger partial charge on any atom is -0.494 e. The average Bonchev–Trinajstić information content (AvgIpc) is 2.98. The van der Waals surface area contributed by atoms with Gasteiger partial charge in [-0.2, -0.15) is 5.11 Å². The van der Waals surface area contributed by atoms with Gasteiger partial charge in [0.25, 0.3) is 5.69 Å². The van der Waals surface area contributed by atoms with Gasteiger partial charge in [-0.25, -0.2) is 0 Å². The lowest BCUT2D eigenvalue weighted by Crippen LogP contribution is -2.29. The molecule has 0 saturated heterocycles. The molecule has 14 heteroatoms. The molecule has 4 N–H and O–H groups in total. The van der Waals surface area contributed by atoms with E-state index in [0.717, 1.165) is 5.69 Å². The first-order valence-corrected chi connectivity index (χ1v) is 12.2. The van der Waals surface area contributed by atoms with Crippen molar-refractivity contribution in [2.24, 2.45) is 20.5 Å². The van der Waals surface area contributed by atoms with E-state index in [2.05, 4.69) is 20.5 Å². The van der Waals surface area contributed by atoms with Crippen LogP contribution in [0.3, 0.4) is 0 Å². The Kier molecular flexibility index (Phi) is 11.4. The van der Waals surface area contributed by atoms with Crippen molar-refractivity contribution in [3.05, 3.63) is 70.3 Å². The summed E-state index contributed by atoms with van der Waals surface area (Å²) in [5, 5.41) is 65.4. The molecule has 0 aliphatic carbocycles. The first-order chi connectivity index (χ1) is 19.4. The first kappa shape index (κ1) is 30.0. The number of nitrogens with zero attached hydrogens (tertiary/aromatic N) is 6. The molecule has 212 valence electrons. The summed E-state index contributed by atoms with van der Waals surface area (Å²) in [6, 6.07) is 14.0. The van der Waals surface area contributed by atoms with Gasteiger partial charge in [-0.1, -0.05) is 0 Å². The SMILES string of the molecule is COc1cc(/N=N/c2ccc([N+](=O)[O-])cc2OCCO)c(CO)cc1/N=N/c1ccc(N(CCO)CCO)cc1. The second-order valence-corrected chi connectivity index (χ2v) is 8.14. The number of nitro groups is 1. The maximum Gasteiger partial charge on any atom is 0.273 e. The molecule has 0 radical (unpaired) electrons. The Morgan fingerprint density at radius 1 is 0.800 bits per heavy atom. The highest BCUT2D eigenvalue weighted by atomic mass is 16.6. The number of aliphatic hydroxyl groups excluding tert-OH is 4. The van der Waals surface area contributed by atoms with Crippen LogP contribution < -0.4 is 14.4 Å². The molecule has 0 aromatic heterocycles. The summed E-state index contributed by atoms with van der Waals surface area (Å²) in [6.07, 6.45) is 0. The third-order valence-corrected chi connectivity index (χ3v) is 5.55. The Balaban J connectivity index is 1.87. The first-order valence-electron chi connectivity index (χ1n) is 12.2. The predicted octanol–water partition coefficient (Wildman–Crippen LogP) is 4.09. The second-order valence-electron chi connectivity index (χ2n) is 8.14. The van der Waals surface area contributed by atoms with Gasteiger partial charge in [0.1, 0.15) is 23.7 Å². The van der Waals surface area contributed by atoms with Gasteiger partial charge >= 0.3 is 0 Å². The van der Waals surface area contributed by atoms with E-state index in [9.17, 15) is 25.4 Å². The van der Waals surface area contributed by atoms with Crippen LogP contribution in [0.15, 0.2) is 75.1 Å². The zero-order valence-corrected chi connectivity index (χ0v) is 21.8. The molecule has 0 atom stereocenters. The predicted molar refractivity (Wildman–Crippen MR) is 146 cm³/mol. The minimum atomic E-state index is -0.577. The summed E-state index contributed by atoms with van der Waals surface area (Å²) in [5.41, 5.74) is 2.31. The minimum absolute atomic E-state index is 0.0451. The zero-order valence-electron chi connectivity index (χ0n) is 21.8. The lowest BCUT2D eigenvalue weighted by Gasteiger charge is -2.22. The Bertz CT molecular complexity index is 1330. The van der Waals surface area contributed by atoms with Gasteiger partial charge in [-0.05, 0) is 36.4 Å². The Hall–Kier alpha value is -4.50. The maximum atomic E-state index is 11.1. The molecule has 0 aliphatic heterocycles. The van der Waals surface area contributed by atoms with Crippen LogP contribution in [0.25, 0.3) is 0 Å². The maximum absolute atomic E-state index is 11.1. The monoisotopic (exact) mass is 554 g/mol. The summed E-state index contributed by atoms with van der Waals surface area (Å²) in [7, 11) is 1.44. The van der Waals surface area contributed by atoms with Crippen LogP contribution >= 0.6 is 0 Å². The third-order valence-electron chi connectivity index (χ3n) is 5.55. The van der Waals surface area contributed by atoms with Crippen molar-refractivity contribution >= 4 is 34.1 Å². The molecule has 0 bridgehead atoms. The molecule has 0 amide bonds. The van der Waals surface area contributed by atoms with Crippen molar-refractivity contribution < 1.29 is 34.8 Å². The number of rotatable bonds is 15. The fourth-order valence-electron chi connectivity index (χ4n) is 3.59. The molecule has 0 fully saturated rings. The van der Waals surface area contributed by atoms with E-state index in [0.29, 0.717) is 35.8 Å². The summed E-state index contributed by atoms with van der Waals surface area (Å²) in [6.45, 7) is -0.105. The van der Waals surface area contributed by atoms with Crippen LogP contribution in [0.2, 0.25) is 0 Å². The highest BCUT2D eigenvalue weighted by molar-refractivity contribution is 5.64. The van der Waals surface area contributed by atoms with Crippen molar-refractivity contribution in [1.29, 1.82) is 0 Å². The number of nitro benzene ring substituents is 1. The number of non-ortho nitro benzene ring substituents is 1. The van der Waals surface area contributed by atoms with E-state index in [1.165, 1.54) is 31.4 Å². The van der Waals surface area contributed by atoms with E-state index in [-0.39, 0.29) is 49.2 Å². The normalized spacial score (nSPS) is 11.3. The number of ether oxygens (including phenoxy) is 2. The van der Waals surface area contributed by atoms with Gasteiger partial charge in [0.2, 0.25) is 0 Å². The van der Waals surface area contributed by atoms with Gasteiger partial charge in [-0.15, -0.1) is 15.3 Å². The molecule has 0 aliphatic rings. The van der Waals surface area contributed by atoms with Crippen molar-refractivity contribution in [2.45, 2.75) is 6.61 Å². The molecular weight excluding hydrogens is 524 g/mol. The van der Waals surface area contributed by atoms with Gasteiger partial charge < -0.3 is 34.8 Å². The quantitative estimate of drug-likeness (QED) is 0.121. The third kappa shape index (κ3) is 8.00. The summed E-state index contributed by atoms with van der Waals surface area (Å²) in [4.78, 5) is 12.4. The number of benzene rings is 3. The van der Waals surface area contributed by atoms with Crippen molar-refractivity contribution in [3.63, 3.8) is 0 Å². The van der Waals surface area contributed by atoms with Crippen molar-refractivity contribution in [2.75, 3.05) is 51.5 Å². The Morgan fingerprint density at radius 3 is 2.08 bits per heavy atom. The lowest BCUT2D eigenvalue weighted by atomic mass is 10.1. The van der Waals surface area contributed by atoms with E-state index in [4.69, 9.17) is 14.6 Å². The highest BCUT2D eigenvalue weighted by Gasteiger charge is 2.14. The van der Waals surface area contributed by atoms with Crippen LogP contribution in [0, 0.1) is 10.1 Å². The number of hydrogen-bond donors (Lipinski definition) is 4. The number of aliphatic hydroxyl groups is 4. The van der Waals surface area contributed by atoms with E-state index in [1.54, 1.807) is 30.3 Å². The molecule has 0 spiro atoms. The fraction of sp³-hybridized carbons (Fsp3) is 0.308. The molecular formula is C26H30N6O8. The lowest BCUT2D eigenvalue weighted by molar-refractivity contribution is -0.384. The molecule has 40 heavy (non-hydrogen) atoms. The fourth-order valence-corrected chi connectivity index (χ4v) is 3.59.